The van der Waals surface area contributed by atoms with Crippen molar-refractivity contribution >= 4 is 11.6 Å². The number of anilines is 1. The molecule has 2 aromatic rings. The molecule has 0 atom stereocenters. The molecule has 6 nitrogen and oxygen atoms in total. The number of carbonyl (C=O) groups is 1. The molecule has 0 aliphatic carbocycles. The second-order valence-corrected chi connectivity index (χ2v) is 5.76. The van der Waals surface area contributed by atoms with Crippen molar-refractivity contribution in [3.8, 4) is 23.0 Å². The molecular weight excluding hydrogens is 346 g/mol. The van der Waals surface area contributed by atoms with E-state index >= 15 is 0 Å². The molecule has 0 bridgehead atoms. The van der Waals surface area contributed by atoms with Gasteiger partial charge in [-0.05, 0) is 57.5 Å². The summed E-state index contributed by atoms with van der Waals surface area (Å²) in [6, 6.07) is 8.92. The van der Waals surface area contributed by atoms with E-state index < -0.39 is 0 Å². The van der Waals surface area contributed by atoms with Gasteiger partial charge in [-0.25, -0.2) is 0 Å². The summed E-state index contributed by atoms with van der Waals surface area (Å²) in [5.74, 6) is 1.77. The van der Waals surface area contributed by atoms with E-state index in [0.717, 1.165) is 5.56 Å². The summed E-state index contributed by atoms with van der Waals surface area (Å²) in [5.41, 5.74) is 2.03. The minimum atomic E-state index is -0.288. The van der Waals surface area contributed by atoms with Gasteiger partial charge in [0.15, 0.2) is 11.5 Å². The standard InChI is InChI=1S/C21H27NO5/c1-6-25-18-12-15(13-19(26-7-2)20(18)27-8-3)21(23)22-16-11-14(4)9-10-17(16)24-5/h9-13H,6-8H2,1-5H3,(H,22,23). The second-order valence-electron chi connectivity index (χ2n) is 5.76. The normalized spacial score (nSPS) is 10.3. The van der Waals surface area contributed by atoms with Crippen molar-refractivity contribution in [2.24, 2.45) is 0 Å². The highest BCUT2D eigenvalue weighted by molar-refractivity contribution is 6.05. The van der Waals surface area contributed by atoms with Gasteiger partial charge in [-0.1, -0.05) is 6.07 Å². The molecule has 0 fully saturated rings. The van der Waals surface area contributed by atoms with Gasteiger partial charge >= 0.3 is 0 Å². The zero-order chi connectivity index (χ0) is 19.8. The molecule has 27 heavy (non-hydrogen) atoms. The molecule has 0 aliphatic rings. The molecule has 146 valence electrons. The summed E-state index contributed by atoms with van der Waals surface area (Å²) in [5, 5.41) is 2.89. The highest BCUT2D eigenvalue weighted by Crippen LogP contribution is 2.39. The van der Waals surface area contributed by atoms with E-state index in [1.807, 2.05) is 45.9 Å². The molecule has 0 spiro atoms. The summed E-state index contributed by atoms with van der Waals surface area (Å²) in [6.45, 7) is 8.94. The Labute approximate surface area is 160 Å². The zero-order valence-electron chi connectivity index (χ0n) is 16.5. The van der Waals surface area contributed by atoms with Gasteiger partial charge in [0, 0.05) is 5.56 Å². The highest BCUT2D eigenvalue weighted by Gasteiger charge is 2.19. The number of rotatable bonds is 9. The average molecular weight is 373 g/mol. The van der Waals surface area contributed by atoms with E-state index in [9.17, 15) is 4.79 Å². The van der Waals surface area contributed by atoms with Crippen LogP contribution >= 0.6 is 0 Å². The van der Waals surface area contributed by atoms with E-state index in [1.54, 1.807) is 19.2 Å². The van der Waals surface area contributed by atoms with Crippen LogP contribution in [0.4, 0.5) is 5.69 Å². The highest BCUT2D eigenvalue weighted by atomic mass is 16.5. The van der Waals surface area contributed by atoms with E-state index in [-0.39, 0.29) is 5.91 Å². The van der Waals surface area contributed by atoms with Crippen molar-refractivity contribution in [2.75, 3.05) is 32.2 Å². The van der Waals surface area contributed by atoms with Crippen LogP contribution in [0.15, 0.2) is 30.3 Å². The number of hydrogen-bond donors (Lipinski definition) is 1. The molecular formula is C21H27NO5. The number of ether oxygens (including phenoxy) is 4. The SMILES string of the molecule is CCOc1cc(C(=O)Nc2cc(C)ccc2OC)cc(OCC)c1OCC. The summed E-state index contributed by atoms with van der Waals surface area (Å²) >= 11 is 0. The molecule has 0 saturated heterocycles. The first-order valence-corrected chi connectivity index (χ1v) is 9.06. The molecule has 2 rings (SSSR count). The molecule has 6 heteroatoms. The average Bonchev–Trinajstić information content (AvgIpc) is 2.64. The van der Waals surface area contributed by atoms with E-state index in [4.69, 9.17) is 18.9 Å². The van der Waals surface area contributed by atoms with Gasteiger partial charge in [-0.15, -0.1) is 0 Å². The van der Waals surface area contributed by atoms with Gasteiger partial charge < -0.3 is 24.3 Å². The fourth-order valence-corrected chi connectivity index (χ4v) is 2.63. The molecule has 0 saturated carbocycles. The first-order chi connectivity index (χ1) is 13.0. The number of methoxy groups -OCH3 is 1. The molecule has 0 heterocycles. The Kier molecular flexibility index (Phi) is 7.34. The minimum Gasteiger partial charge on any atom is -0.495 e. The van der Waals surface area contributed by atoms with Crippen LogP contribution in [0.3, 0.4) is 0 Å². The monoisotopic (exact) mass is 373 g/mol. The van der Waals surface area contributed by atoms with Crippen LogP contribution in [0, 0.1) is 6.92 Å². The predicted octanol–water partition coefficient (Wildman–Crippen LogP) is 4.45. The van der Waals surface area contributed by atoms with E-state index in [2.05, 4.69) is 5.32 Å². The summed E-state index contributed by atoms with van der Waals surface area (Å²) in [4.78, 5) is 12.9. The number of amides is 1. The van der Waals surface area contributed by atoms with Crippen LogP contribution in [0.1, 0.15) is 36.7 Å². The van der Waals surface area contributed by atoms with Gasteiger partial charge in [0.2, 0.25) is 5.75 Å². The molecule has 1 amide bonds. The van der Waals surface area contributed by atoms with Crippen molar-refractivity contribution < 1.29 is 23.7 Å². The minimum absolute atomic E-state index is 0.288. The van der Waals surface area contributed by atoms with Crippen molar-refractivity contribution in [3.63, 3.8) is 0 Å². The number of benzene rings is 2. The predicted molar refractivity (Wildman–Crippen MR) is 106 cm³/mol. The number of carbonyl (C=O) groups excluding carboxylic acids is 1. The molecule has 0 radical (unpaired) electrons. The van der Waals surface area contributed by atoms with Crippen LogP contribution in [0.25, 0.3) is 0 Å². The Morgan fingerprint density at radius 1 is 0.889 bits per heavy atom. The lowest BCUT2D eigenvalue weighted by Gasteiger charge is -2.17. The topological polar surface area (TPSA) is 66.0 Å². The van der Waals surface area contributed by atoms with Gasteiger partial charge in [0.1, 0.15) is 5.75 Å². The Morgan fingerprint density at radius 2 is 1.48 bits per heavy atom. The quantitative estimate of drug-likeness (QED) is 0.703. The summed E-state index contributed by atoms with van der Waals surface area (Å²) in [6.07, 6.45) is 0. The van der Waals surface area contributed by atoms with Gasteiger partial charge in [0.05, 0.1) is 32.6 Å². The molecule has 0 aliphatic heterocycles. The lowest BCUT2D eigenvalue weighted by atomic mass is 10.1. The van der Waals surface area contributed by atoms with Crippen LogP contribution in [0.2, 0.25) is 0 Å². The maximum absolute atomic E-state index is 12.9. The lowest BCUT2D eigenvalue weighted by molar-refractivity contribution is 0.102. The fourth-order valence-electron chi connectivity index (χ4n) is 2.63. The molecule has 1 N–H and O–H groups in total. The Morgan fingerprint density at radius 3 is 2.00 bits per heavy atom. The number of nitrogens with one attached hydrogen (secondary N) is 1. The van der Waals surface area contributed by atoms with Gasteiger partial charge in [-0.3, -0.25) is 4.79 Å². The molecule has 0 aromatic heterocycles. The number of hydrogen-bond acceptors (Lipinski definition) is 5. The first-order valence-electron chi connectivity index (χ1n) is 9.06. The summed E-state index contributed by atoms with van der Waals surface area (Å²) in [7, 11) is 1.57. The van der Waals surface area contributed by atoms with Crippen molar-refractivity contribution in [3.05, 3.63) is 41.5 Å². The lowest BCUT2D eigenvalue weighted by Crippen LogP contribution is -2.14. The smallest absolute Gasteiger partial charge is 0.256 e. The van der Waals surface area contributed by atoms with Crippen LogP contribution in [0.5, 0.6) is 23.0 Å². The summed E-state index contributed by atoms with van der Waals surface area (Å²) < 4.78 is 22.3. The second kappa shape index (κ2) is 9.71. The maximum atomic E-state index is 12.9. The Hall–Kier alpha value is -2.89. The van der Waals surface area contributed by atoms with Crippen LogP contribution in [-0.4, -0.2) is 32.8 Å². The van der Waals surface area contributed by atoms with E-state index in [1.165, 1.54) is 0 Å². The number of aryl methyl sites for hydroxylation is 1. The molecule has 2 aromatic carbocycles. The first kappa shape index (κ1) is 20.4. The molecule has 0 unspecified atom stereocenters. The Bertz CT molecular complexity index is 761. The zero-order valence-corrected chi connectivity index (χ0v) is 16.5. The largest absolute Gasteiger partial charge is 0.495 e. The third-order valence-corrected chi connectivity index (χ3v) is 3.77. The third-order valence-electron chi connectivity index (χ3n) is 3.77. The van der Waals surface area contributed by atoms with Gasteiger partial charge in [0.25, 0.3) is 5.91 Å². The van der Waals surface area contributed by atoms with Gasteiger partial charge in [-0.2, -0.15) is 0 Å². The third kappa shape index (κ3) is 5.06. The van der Waals surface area contributed by atoms with Crippen LogP contribution < -0.4 is 24.3 Å². The van der Waals surface area contributed by atoms with Crippen molar-refractivity contribution in [2.45, 2.75) is 27.7 Å². The van der Waals surface area contributed by atoms with E-state index in [0.29, 0.717) is 54.1 Å². The maximum Gasteiger partial charge on any atom is 0.256 e. The fraction of sp³-hybridized carbons (Fsp3) is 0.381. The Balaban J connectivity index is 2.41. The van der Waals surface area contributed by atoms with Crippen molar-refractivity contribution in [1.82, 2.24) is 0 Å². The van der Waals surface area contributed by atoms with Crippen LogP contribution in [-0.2, 0) is 0 Å². The van der Waals surface area contributed by atoms with Crippen molar-refractivity contribution in [1.29, 1.82) is 0 Å².